The van der Waals surface area contributed by atoms with Crippen molar-refractivity contribution < 1.29 is 18.8 Å². The molecule has 0 saturated carbocycles. The van der Waals surface area contributed by atoms with Gasteiger partial charge in [0.2, 0.25) is 5.91 Å². The van der Waals surface area contributed by atoms with Gasteiger partial charge in [-0.25, -0.2) is 9.18 Å². The highest BCUT2D eigenvalue weighted by molar-refractivity contribution is 6.11. The van der Waals surface area contributed by atoms with Gasteiger partial charge in [-0.2, -0.15) is 0 Å². The van der Waals surface area contributed by atoms with Crippen LogP contribution in [0, 0.1) is 19.7 Å². The predicted molar refractivity (Wildman–Crippen MR) is 126 cm³/mol. The van der Waals surface area contributed by atoms with E-state index in [1.165, 1.54) is 12.1 Å². The number of benzene rings is 3. The molecule has 2 N–H and O–H groups in total. The number of rotatable bonds is 7. The minimum absolute atomic E-state index is 0.301. The smallest absolute Gasteiger partial charge is 0.326 e. The van der Waals surface area contributed by atoms with E-state index < -0.39 is 29.9 Å². The molecule has 0 spiro atoms. The molecule has 0 radical (unpaired) electrons. The number of aryl methyl sites for hydroxylation is 2. The van der Waals surface area contributed by atoms with E-state index in [2.05, 4.69) is 10.6 Å². The molecule has 174 valence electrons. The average Bonchev–Trinajstić information content (AvgIpc) is 3.07. The lowest BCUT2D eigenvalue weighted by Gasteiger charge is -2.28. The van der Waals surface area contributed by atoms with Crippen LogP contribution >= 0.6 is 0 Å². The van der Waals surface area contributed by atoms with Crippen molar-refractivity contribution >= 4 is 17.8 Å². The Bertz CT molecular complexity index is 1160. The molecule has 3 aromatic carbocycles. The van der Waals surface area contributed by atoms with E-state index in [0.29, 0.717) is 24.1 Å². The first-order chi connectivity index (χ1) is 16.3. The number of amides is 4. The molecule has 0 aliphatic carbocycles. The van der Waals surface area contributed by atoms with Crippen LogP contribution in [0.4, 0.5) is 9.18 Å². The summed E-state index contributed by atoms with van der Waals surface area (Å²) in [5.74, 6) is -1.27. The third-order valence-electron chi connectivity index (χ3n) is 6.03. The highest BCUT2D eigenvalue weighted by atomic mass is 19.1. The number of nitrogens with one attached hydrogen (secondary N) is 2. The van der Waals surface area contributed by atoms with Crippen LogP contribution < -0.4 is 10.6 Å². The van der Waals surface area contributed by atoms with Crippen molar-refractivity contribution in [2.24, 2.45) is 0 Å². The Hall–Kier alpha value is -4.00. The SMILES string of the molecule is Cc1ccc(C2(c3ccc(C)cc3)NC(=O)N(CC(=O)NCCc3ccc(F)cc3)C2=O)cc1. The van der Waals surface area contributed by atoms with Crippen molar-refractivity contribution in [3.05, 3.63) is 106 Å². The number of hydrogen-bond acceptors (Lipinski definition) is 3. The fourth-order valence-electron chi connectivity index (χ4n) is 4.08. The van der Waals surface area contributed by atoms with E-state index in [4.69, 9.17) is 0 Å². The molecule has 0 aromatic heterocycles. The molecule has 1 heterocycles. The van der Waals surface area contributed by atoms with E-state index in [-0.39, 0.29) is 5.82 Å². The van der Waals surface area contributed by atoms with Crippen LogP contribution in [0.3, 0.4) is 0 Å². The van der Waals surface area contributed by atoms with Gasteiger partial charge < -0.3 is 10.6 Å². The van der Waals surface area contributed by atoms with E-state index in [9.17, 15) is 18.8 Å². The summed E-state index contributed by atoms with van der Waals surface area (Å²) in [7, 11) is 0. The summed E-state index contributed by atoms with van der Waals surface area (Å²) >= 11 is 0. The number of hydrogen-bond donors (Lipinski definition) is 2. The van der Waals surface area contributed by atoms with E-state index in [0.717, 1.165) is 21.6 Å². The van der Waals surface area contributed by atoms with Crippen LogP contribution in [0.25, 0.3) is 0 Å². The Balaban J connectivity index is 1.53. The molecule has 0 unspecified atom stereocenters. The Morgan fingerprint density at radius 2 is 1.41 bits per heavy atom. The monoisotopic (exact) mass is 459 g/mol. The van der Waals surface area contributed by atoms with Gasteiger partial charge in [-0.05, 0) is 49.1 Å². The summed E-state index contributed by atoms with van der Waals surface area (Å²) < 4.78 is 13.0. The van der Waals surface area contributed by atoms with Gasteiger partial charge in [0.05, 0.1) is 0 Å². The fourth-order valence-corrected chi connectivity index (χ4v) is 4.08. The van der Waals surface area contributed by atoms with Gasteiger partial charge in [0, 0.05) is 6.54 Å². The molecular weight excluding hydrogens is 433 g/mol. The lowest BCUT2D eigenvalue weighted by atomic mass is 9.82. The molecule has 0 atom stereocenters. The van der Waals surface area contributed by atoms with Crippen LogP contribution in [0.5, 0.6) is 0 Å². The van der Waals surface area contributed by atoms with Gasteiger partial charge in [0.1, 0.15) is 12.4 Å². The topological polar surface area (TPSA) is 78.5 Å². The highest BCUT2D eigenvalue weighted by Crippen LogP contribution is 2.36. The Morgan fingerprint density at radius 1 is 0.882 bits per heavy atom. The number of nitrogens with zero attached hydrogens (tertiary/aromatic N) is 1. The summed E-state index contributed by atoms with van der Waals surface area (Å²) in [6.45, 7) is 3.79. The van der Waals surface area contributed by atoms with Crippen molar-refractivity contribution in [2.45, 2.75) is 25.8 Å². The maximum Gasteiger partial charge on any atom is 0.326 e. The maximum atomic E-state index is 13.7. The molecule has 1 fully saturated rings. The van der Waals surface area contributed by atoms with Crippen LogP contribution in [-0.2, 0) is 21.5 Å². The molecule has 4 rings (SSSR count). The van der Waals surface area contributed by atoms with Crippen molar-refractivity contribution in [1.29, 1.82) is 0 Å². The number of carbonyl (C=O) groups is 3. The summed E-state index contributed by atoms with van der Waals surface area (Å²) in [4.78, 5) is 40.1. The summed E-state index contributed by atoms with van der Waals surface area (Å²) in [5, 5.41) is 5.58. The highest BCUT2D eigenvalue weighted by Gasteiger charge is 2.54. The van der Waals surface area contributed by atoms with Gasteiger partial charge in [-0.15, -0.1) is 0 Å². The van der Waals surface area contributed by atoms with Gasteiger partial charge >= 0.3 is 6.03 Å². The minimum Gasteiger partial charge on any atom is -0.354 e. The lowest BCUT2D eigenvalue weighted by molar-refractivity contribution is -0.134. The van der Waals surface area contributed by atoms with Gasteiger partial charge in [-0.1, -0.05) is 71.8 Å². The van der Waals surface area contributed by atoms with Gasteiger partial charge in [-0.3, -0.25) is 14.5 Å². The van der Waals surface area contributed by atoms with Crippen LogP contribution in [0.1, 0.15) is 27.8 Å². The molecular formula is C27H26FN3O3. The summed E-state index contributed by atoms with van der Waals surface area (Å²) in [6, 6.07) is 20.2. The minimum atomic E-state index is -1.41. The van der Waals surface area contributed by atoms with Crippen LogP contribution in [0.2, 0.25) is 0 Å². The van der Waals surface area contributed by atoms with E-state index in [1.807, 2.05) is 62.4 Å². The second kappa shape index (κ2) is 9.47. The second-order valence-corrected chi connectivity index (χ2v) is 8.53. The molecule has 1 saturated heterocycles. The van der Waals surface area contributed by atoms with Crippen molar-refractivity contribution in [2.75, 3.05) is 13.1 Å². The third-order valence-corrected chi connectivity index (χ3v) is 6.03. The zero-order chi connectivity index (χ0) is 24.3. The van der Waals surface area contributed by atoms with Crippen LogP contribution in [-0.4, -0.2) is 35.8 Å². The predicted octanol–water partition coefficient (Wildman–Crippen LogP) is 3.60. The normalized spacial score (nSPS) is 14.7. The van der Waals surface area contributed by atoms with Crippen molar-refractivity contribution in [3.63, 3.8) is 0 Å². The first-order valence-electron chi connectivity index (χ1n) is 11.1. The quantitative estimate of drug-likeness (QED) is 0.530. The fraction of sp³-hybridized carbons (Fsp3) is 0.222. The molecule has 3 aromatic rings. The number of carbonyl (C=O) groups excluding carboxylic acids is 3. The average molecular weight is 460 g/mol. The molecule has 4 amide bonds. The molecule has 6 nitrogen and oxygen atoms in total. The standard InChI is InChI=1S/C27H26FN3O3/c1-18-3-9-21(10-4-18)27(22-11-5-19(2)6-12-22)25(33)31(26(34)30-27)17-24(32)29-16-15-20-7-13-23(28)14-8-20/h3-14H,15-17H2,1-2H3,(H,29,32)(H,30,34). The molecule has 34 heavy (non-hydrogen) atoms. The first kappa shape index (κ1) is 23.2. The summed E-state index contributed by atoms with van der Waals surface area (Å²) in [5.41, 5.74) is 2.76. The Labute approximate surface area is 197 Å². The van der Waals surface area contributed by atoms with Crippen molar-refractivity contribution in [1.82, 2.24) is 15.5 Å². The third kappa shape index (κ3) is 4.55. The van der Waals surface area contributed by atoms with Crippen LogP contribution in [0.15, 0.2) is 72.8 Å². The largest absolute Gasteiger partial charge is 0.354 e. The molecule has 7 heteroatoms. The van der Waals surface area contributed by atoms with Crippen molar-refractivity contribution in [3.8, 4) is 0 Å². The molecule has 1 aliphatic rings. The van der Waals surface area contributed by atoms with E-state index >= 15 is 0 Å². The Kier molecular flexibility index (Phi) is 6.45. The maximum absolute atomic E-state index is 13.7. The zero-order valence-electron chi connectivity index (χ0n) is 19.1. The molecule has 1 aliphatic heterocycles. The van der Waals surface area contributed by atoms with Gasteiger partial charge in [0.15, 0.2) is 5.54 Å². The zero-order valence-corrected chi connectivity index (χ0v) is 19.1. The van der Waals surface area contributed by atoms with E-state index in [1.54, 1.807) is 12.1 Å². The number of halogens is 1. The Morgan fingerprint density at radius 3 is 1.94 bits per heavy atom. The molecule has 0 bridgehead atoms. The second-order valence-electron chi connectivity index (χ2n) is 8.53. The first-order valence-corrected chi connectivity index (χ1v) is 11.1. The van der Waals surface area contributed by atoms with Gasteiger partial charge in [0.25, 0.3) is 5.91 Å². The summed E-state index contributed by atoms with van der Waals surface area (Å²) in [6.07, 6.45) is 0.503. The number of urea groups is 1. The lowest BCUT2D eigenvalue weighted by Crippen LogP contribution is -2.46. The number of imide groups is 1.